The Morgan fingerprint density at radius 3 is 2.86 bits per heavy atom. The Labute approximate surface area is 167 Å². The number of benzene rings is 1. The van der Waals surface area contributed by atoms with Crippen LogP contribution >= 0.6 is 22.9 Å². The van der Waals surface area contributed by atoms with Gasteiger partial charge in [-0.15, -0.1) is 11.3 Å². The molecule has 0 spiro atoms. The van der Waals surface area contributed by atoms with Crippen molar-refractivity contribution in [1.82, 2.24) is 14.5 Å². The molecule has 1 aromatic carbocycles. The maximum atomic E-state index is 13.1. The van der Waals surface area contributed by atoms with Gasteiger partial charge in [0.1, 0.15) is 21.9 Å². The normalized spacial score (nSPS) is 11.3. The highest BCUT2D eigenvalue weighted by Gasteiger charge is 2.16. The van der Waals surface area contributed by atoms with E-state index >= 15 is 0 Å². The molecule has 0 atom stereocenters. The van der Waals surface area contributed by atoms with Gasteiger partial charge in [-0.3, -0.25) is 14.2 Å². The van der Waals surface area contributed by atoms with Crippen LogP contribution in [0.4, 0.5) is 10.1 Å². The number of thiophene rings is 1. The van der Waals surface area contributed by atoms with Gasteiger partial charge in [-0.1, -0.05) is 11.6 Å². The minimum absolute atomic E-state index is 0.0794. The molecule has 0 aliphatic heterocycles. The summed E-state index contributed by atoms with van der Waals surface area (Å²) in [4.78, 5) is 34.8. The summed E-state index contributed by atoms with van der Waals surface area (Å²) in [5.74, 6) is -0.971. The Morgan fingerprint density at radius 1 is 1.32 bits per heavy atom. The number of hydrogen-bond acceptors (Lipinski definition) is 5. The van der Waals surface area contributed by atoms with Crippen LogP contribution in [0.15, 0.2) is 35.4 Å². The van der Waals surface area contributed by atoms with Gasteiger partial charge in [-0.05, 0) is 43.7 Å². The first kappa shape index (κ1) is 18.5. The lowest BCUT2D eigenvalue weighted by Gasteiger charge is -2.08. The molecule has 0 unspecified atom stereocenters. The first-order valence-corrected chi connectivity index (χ1v) is 9.53. The van der Waals surface area contributed by atoms with E-state index in [0.29, 0.717) is 10.2 Å². The molecule has 1 amide bonds. The fraction of sp³-hybridized carbons (Fsp3) is 0.158. The number of carbonyl (C=O) groups excluding carboxylic acids is 1. The molecule has 142 valence electrons. The summed E-state index contributed by atoms with van der Waals surface area (Å²) in [7, 11) is 0. The van der Waals surface area contributed by atoms with Crippen molar-refractivity contribution in [3.8, 4) is 0 Å². The van der Waals surface area contributed by atoms with Crippen molar-refractivity contribution >= 4 is 55.0 Å². The smallest absolute Gasteiger partial charge is 0.271 e. The second-order valence-electron chi connectivity index (χ2n) is 6.39. The minimum atomic E-state index is -0.502. The lowest BCUT2D eigenvalue weighted by molar-refractivity contribution is -0.116. The van der Waals surface area contributed by atoms with E-state index < -0.39 is 11.7 Å². The summed E-state index contributed by atoms with van der Waals surface area (Å²) in [6.07, 6.45) is 1.35. The predicted octanol–water partition coefficient (Wildman–Crippen LogP) is 4.05. The van der Waals surface area contributed by atoms with E-state index in [9.17, 15) is 14.0 Å². The number of nitrogens with one attached hydrogen (secondary N) is 1. The zero-order chi connectivity index (χ0) is 20.0. The van der Waals surface area contributed by atoms with Gasteiger partial charge in [0.15, 0.2) is 0 Å². The Morgan fingerprint density at radius 2 is 2.11 bits per heavy atom. The van der Waals surface area contributed by atoms with Crippen LogP contribution in [-0.4, -0.2) is 20.4 Å². The minimum Gasteiger partial charge on any atom is -0.323 e. The number of amides is 1. The maximum absolute atomic E-state index is 13.1. The predicted molar refractivity (Wildman–Crippen MR) is 109 cm³/mol. The SMILES string of the molecule is Cc1cc(C)c2c(n1)sc1c(=O)n(CC(=O)Nc3ccc(F)cc3Cl)cnc12. The van der Waals surface area contributed by atoms with Crippen LogP contribution in [0.1, 0.15) is 11.3 Å². The van der Waals surface area contributed by atoms with Gasteiger partial charge < -0.3 is 5.32 Å². The number of aromatic nitrogens is 3. The zero-order valence-electron chi connectivity index (χ0n) is 14.9. The number of halogens is 2. The van der Waals surface area contributed by atoms with Crippen molar-refractivity contribution in [2.24, 2.45) is 0 Å². The third-order valence-corrected chi connectivity index (χ3v) is 5.64. The highest BCUT2D eigenvalue weighted by Crippen LogP contribution is 2.31. The lowest BCUT2D eigenvalue weighted by atomic mass is 10.1. The number of pyridine rings is 1. The van der Waals surface area contributed by atoms with E-state index in [2.05, 4.69) is 15.3 Å². The van der Waals surface area contributed by atoms with Crippen LogP contribution in [-0.2, 0) is 11.3 Å². The number of anilines is 1. The van der Waals surface area contributed by atoms with E-state index in [0.717, 1.165) is 27.5 Å². The van der Waals surface area contributed by atoms with Crippen molar-refractivity contribution in [3.63, 3.8) is 0 Å². The number of fused-ring (bicyclic) bond motifs is 3. The van der Waals surface area contributed by atoms with Crippen LogP contribution < -0.4 is 10.9 Å². The largest absolute Gasteiger partial charge is 0.323 e. The average Bonchev–Trinajstić information content (AvgIpc) is 2.99. The molecule has 3 aromatic heterocycles. The number of nitrogens with zero attached hydrogens (tertiary/aromatic N) is 3. The van der Waals surface area contributed by atoms with Crippen LogP contribution in [0.2, 0.25) is 5.02 Å². The first-order chi connectivity index (χ1) is 13.3. The Balaban J connectivity index is 1.68. The van der Waals surface area contributed by atoms with E-state index in [-0.39, 0.29) is 22.8 Å². The second kappa shape index (κ2) is 6.96. The molecule has 3 heterocycles. The van der Waals surface area contributed by atoms with Gasteiger partial charge in [0.25, 0.3) is 5.56 Å². The molecule has 0 radical (unpaired) electrons. The van der Waals surface area contributed by atoms with Gasteiger partial charge in [-0.2, -0.15) is 0 Å². The Bertz CT molecular complexity index is 1320. The molecule has 4 aromatic rings. The average molecular weight is 417 g/mol. The van der Waals surface area contributed by atoms with Crippen molar-refractivity contribution < 1.29 is 9.18 Å². The van der Waals surface area contributed by atoms with Gasteiger partial charge in [-0.25, -0.2) is 14.4 Å². The lowest BCUT2D eigenvalue weighted by Crippen LogP contribution is -2.27. The van der Waals surface area contributed by atoms with Gasteiger partial charge in [0.2, 0.25) is 5.91 Å². The highest BCUT2D eigenvalue weighted by atomic mass is 35.5. The van der Waals surface area contributed by atoms with Crippen molar-refractivity contribution in [2.45, 2.75) is 20.4 Å². The summed E-state index contributed by atoms with van der Waals surface area (Å²) in [6.45, 7) is 3.61. The molecule has 0 saturated heterocycles. The molecule has 4 rings (SSSR count). The zero-order valence-corrected chi connectivity index (χ0v) is 16.5. The molecule has 6 nitrogen and oxygen atoms in total. The first-order valence-electron chi connectivity index (χ1n) is 8.34. The molecule has 28 heavy (non-hydrogen) atoms. The van der Waals surface area contributed by atoms with E-state index in [1.54, 1.807) is 0 Å². The fourth-order valence-corrected chi connectivity index (χ4v) is 4.46. The van der Waals surface area contributed by atoms with Crippen molar-refractivity contribution in [1.29, 1.82) is 0 Å². The van der Waals surface area contributed by atoms with Gasteiger partial charge >= 0.3 is 0 Å². The van der Waals surface area contributed by atoms with Gasteiger partial charge in [0, 0.05) is 11.1 Å². The fourth-order valence-electron chi connectivity index (χ4n) is 3.05. The Hall–Kier alpha value is -2.84. The summed E-state index contributed by atoms with van der Waals surface area (Å²) >= 11 is 7.18. The summed E-state index contributed by atoms with van der Waals surface area (Å²) in [5.41, 5.74) is 2.42. The summed E-state index contributed by atoms with van der Waals surface area (Å²) in [6, 6.07) is 5.60. The molecule has 9 heteroatoms. The third-order valence-electron chi connectivity index (χ3n) is 4.26. The number of carbonyl (C=O) groups is 1. The number of aryl methyl sites for hydroxylation is 2. The van der Waals surface area contributed by atoms with Crippen LogP contribution in [0.25, 0.3) is 20.4 Å². The molecule has 0 aliphatic carbocycles. The molecule has 0 bridgehead atoms. The van der Waals surface area contributed by atoms with Crippen molar-refractivity contribution in [3.05, 3.63) is 63.0 Å². The summed E-state index contributed by atoms with van der Waals surface area (Å²) in [5, 5.41) is 3.51. The number of rotatable bonds is 3. The molecular formula is C19H14ClFN4O2S. The molecule has 0 saturated carbocycles. The van der Waals surface area contributed by atoms with E-state index in [4.69, 9.17) is 11.6 Å². The van der Waals surface area contributed by atoms with Gasteiger partial charge in [0.05, 0.1) is 22.6 Å². The maximum Gasteiger partial charge on any atom is 0.271 e. The summed E-state index contributed by atoms with van der Waals surface area (Å²) < 4.78 is 14.8. The van der Waals surface area contributed by atoms with E-state index in [1.807, 2.05) is 19.9 Å². The molecule has 1 N–H and O–H groups in total. The monoisotopic (exact) mass is 416 g/mol. The molecule has 0 aliphatic rings. The third kappa shape index (κ3) is 3.25. The second-order valence-corrected chi connectivity index (χ2v) is 7.80. The highest BCUT2D eigenvalue weighted by molar-refractivity contribution is 7.25. The van der Waals surface area contributed by atoms with Crippen molar-refractivity contribution in [2.75, 3.05) is 5.32 Å². The van der Waals surface area contributed by atoms with Crippen LogP contribution in [0.3, 0.4) is 0 Å². The number of hydrogen-bond donors (Lipinski definition) is 1. The quantitative estimate of drug-likeness (QED) is 0.546. The molecule has 0 fully saturated rings. The molecular weight excluding hydrogens is 403 g/mol. The van der Waals surface area contributed by atoms with E-state index in [1.165, 1.54) is 34.4 Å². The van der Waals surface area contributed by atoms with Crippen LogP contribution in [0.5, 0.6) is 0 Å². The van der Waals surface area contributed by atoms with Crippen LogP contribution in [0, 0.1) is 19.7 Å². The topological polar surface area (TPSA) is 76.9 Å². The standard InChI is InChI=1S/C19H14ClFN4O2S/c1-9-5-10(2)23-18-15(9)16-17(28-18)19(27)25(8-22-16)7-14(26)24-13-4-3-11(21)6-12(13)20/h3-6,8H,7H2,1-2H3,(H,24,26). The Kier molecular flexibility index (Phi) is 4.60.